The summed E-state index contributed by atoms with van der Waals surface area (Å²) in [5.41, 5.74) is 2.40. The third-order valence-corrected chi connectivity index (χ3v) is 4.76. The Bertz CT molecular complexity index is 474. The SMILES string of the molecule is CCC1CCCCN1C1c2cc(C)ccc2OCC1O. The number of rotatable bonds is 2. The van der Waals surface area contributed by atoms with Crippen LogP contribution in [0.25, 0.3) is 0 Å². The summed E-state index contributed by atoms with van der Waals surface area (Å²) in [7, 11) is 0. The number of fused-ring (bicyclic) bond motifs is 1. The van der Waals surface area contributed by atoms with Crippen LogP contribution in [0, 0.1) is 6.92 Å². The molecule has 3 nitrogen and oxygen atoms in total. The Kier molecular flexibility index (Phi) is 3.99. The molecular weight excluding hydrogens is 250 g/mol. The fourth-order valence-corrected chi connectivity index (χ4v) is 3.73. The summed E-state index contributed by atoms with van der Waals surface area (Å²) in [4.78, 5) is 2.52. The number of benzene rings is 1. The molecule has 0 radical (unpaired) electrons. The molecule has 0 saturated carbocycles. The van der Waals surface area contributed by atoms with Gasteiger partial charge in [0.1, 0.15) is 18.5 Å². The molecule has 20 heavy (non-hydrogen) atoms. The third kappa shape index (κ3) is 2.45. The highest BCUT2D eigenvalue weighted by molar-refractivity contribution is 5.41. The van der Waals surface area contributed by atoms with E-state index < -0.39 is 6.10 Å². The number of hydrogen-bond donors (Lipinski definition) is 1. The molecule has 2 aliphatic rings. The summed E-state index contributed by atoms with van der Waals surface area (Å²) >= 11 is 0. The maximum Gasteiger partial charge on any atom is 0.124 e. The van der Waals surface area contributed by atoms with Crippen molar-refractivity contribution in [3.05, 3.63) is 29.3 Å². The van der Waals surface area contributed by atoms with E-state index in [1.165, 1.54) is 30.4 Å². The average Bonchev–Trinajstić information content (AvgIpc) is 2.47. The minimum Gasteiger partial charge on any atom is -0.490 e. The topological polar surface area (TPSA) is 32.7 Å². The monoisotopic (exact) mass is 275 g/mol. The number of ether oxygens (including phenoxy) is 1. The van der Waals surface area contributed by atoms with Gasteiger partial charge in [0.2, 0.25) is 0 Å². The van der Waals surface area contributed by atoms with Gasteiger partial charge in [-0.2, -0.15) is 0 Å². The third-order valence-electron chi connectivity index (χ3n) is 4.76. The molecule has 0 aliphatic carbocycles. The van der Waals surface area contributed by atoms with Crippen LogP contribution in [-0.2, 0) is 0 Å². The lowest BCUT2D eigenvalue weighted by atomic mass is 9.90. The van der Waals surface area contributed by atoms with Crippen LogP contribution < -0.4 is 4.74 Å². The van der Waals surface area contributed by atoms with E-state index >= 15 is 0 Å². The van der Waals surface area contributed by atoms with E-state index in [9.17, 15) is 5.11 Å². The van der Waals surface area contributed by atoms with Crippen LogP contribution in [0.1, 0.15) is 49.8 Å². The summed E-state index contributed by atoms with van der Waals surface area (Å²) in [6.45, 7) is 5.86. The fraction of sp³-hybridized carbons (Fsp3) is 0.647. The van der Waals surface area contributed by atoms with E-state index in [0.717, 1.165) is 18.7 Å². The molecule has 0 amide bonds. The number of piperidine rings is 1. The molecular formula is C17H25NO2. The van der Waals surface area contributed by atoms with Gasteiger partial charge >= 0.3 is 0 Å². The van der Waals surface area contributed by atoms with Gasteiger partial charge in [-0.25, -0.2) is 0 Å². The number of hydrogen-bond acceptors (Lipinski definition) is 3. The molecule has 1 saturated heterocycles. The molecule has 2 heterocycles. The van der Waals surface area contributed by atoms with E-state index in [1.807, 2.05) is 0 Å². The van der Waals surface area contributed by atoms with Crippen LogP contribution in [0.15, 0.2) is 18.2 Å². The zero-order chi connectivity index (χ0) is 14.1. The van der Waals surface area contributed by atoms with Crippen molar-refractivity contribution in [2.45, 2.75) is 57.7 Å². The van der Waals surface area contributed by atoms with Crippen molar-refractivity contribution in [2.75, 3.05) is 13.2 Å². The van der Waals surface area contributed by atoms with Crippen molar-refractivity contribution in [3.8, 4) is 5.75 Å². The Balaban J connectivity index is 1.97. The molecule has 2 aliphatic heterocycles. The van der Waals surface area contributed by atoms with Crippen LogP contribution in [-0.4, -0.2) is 35.3 Å². The Labute approximate surface area is 121 Å². The van der Waals surface area contributed by atoms with Crippen LogP contribution >= 0.6 is 0 Å². The highest BCUT2D eigenvalue weighted by Gasteiger charge is 2.37. The summed E-state index contributed by atoms with van der Waals surface area (Å²) in [5.74, 6) is 0.950. The molecule has 3 unspecified atom stereocenters. The quantitative estimate of drug-likeness (QED) is 0.900. The Hall–Kier alpha value is -1.06. The van der Waals surface area contributed by atoms with Gasteiger partial charge in [-0.15, -0.1) is 0 Å². The van der Waals surface area contributed by atoms with Gasteiger partial charge in [-0.05, 0) is 38.8 Å². The predicted octanol–water partition coefficient (Wildman–Crippen LogP) is 3.05. The smallest absolute Gasteiger partial charge is 0.124 e. The van der Waals surface area contributed by atoms with Crippen molar-refractivity contribution in [3.63, 3.8) is 0 Å². The Morgan fingerprint density at radius 2 is 2.20 bits per heavy atom. The summed E-state index contributed by atoms with van der Waals surface area (Å²) < 4.78 is 5.70. The molecule has 0 spiro atoms. The largest absolute Gasteiger partial charge is 0.490 e. The average molecular weight is 275 g/mol. The van der Waals surface area contributed by atoms with Crippen LogP contribution in [0.2, 0.25) is 0 Å². The van der Waals surface area contributed by atoms with Gasteiger partial charge in [-0.3, -0.25) is 4.90 Å². The zero-order valence-electron chi connectivity index (χ0n) is 12.5. The number of aliphatic hydroxyl groups excluding tert-OH is 1. The molecule has 1 aromatic carbocycles. The molecule has 1 fully saturated rings. The van der Waals surface area contributed by atoms with Crippen molar-refractivity contribution < 1.29 is 9.84 Å². The van der Waals surface area contributed by atoms with Gasteiger partial charge in [0.05, 0.1) is 6.04 Å². The van der Waals surface area contributed by atoms with Gasteiger partial charge in [0.15, 0.2) is 0 Å². The lowest BCUT2D eigenvalue weighted by molar-refractivity contribution is -0.0291. The van der Waals surface area contributed by atoms with E-state index in [0.29, 0.717) is 12.6 Å². The standard InChI is InChI=1S/C17H25NO2/c1-3-13-6-4-5-9-18(13)17-14-10-12(2)7-8-16(14)20-11-15(17)19/h7-8,10,13,15,17,19H,3-6,9,11H2,1-2H3. The molecule has 110 valence electrons. The second-order valence-corrected chi connectivity index (χ2v) is 6.16. The number of likely N-dealkylation sites (tertiary alicyclic amines) is 1. The number of nitrogens with zero attached hydrogens (tertiary/aromatic N) is 1. The molecule has 3 heteroatoms. The van der Waals surface area contributed by atoms with E-state index in [-0.39, 0.29) is 6.04 Å². The zero-order valence-corrected chi connectivity index (χ0v) is 12.5. The first kappa shape index (κ1) is 13.9. The number of aryl methyl sites for hydroxylation is 1. The summed E-state index contributed by atoms with van der Waals surface area (Å²) in [6, 6.07) is 7.01. The fourth-order valence-electron chi connectivity index (χ4n) is 3.73. The lowest BCUT2D eigenvalue weighted by Crippen LogP contribution is -2.48. The second kappa shape index (κ2) is 5.74. The molecule has 1 aromatic rings. The van der Waals surface area contributed by atoms with E-state index in [4.69, 9.17) is 4.74 Å². The molecule has 1 N–H and O–H groups in total. The van der Waals surface area contributed by atoms with Gasteiger partial charge in [-0.1, -0.05) is 31.0 Å². The first-order valence-electron chi connectivity index (χ1n) is 7.88. The highest BCUT2D eigenvalue weighted by Crippen LogP contribution is 2.40. The van der Waals surface area contributed by atoms with E-state index in [2.05, 4.69) is 36.9 Å². The summed E-state index contributed by atoms with van der Waals surface area (Å²) in [6.07, 6.45) is 4.54. The maximum absolute atomic E-state index is 10.5. The van der Waals surface area contributed by atoms with Crippen molar-refractivity contribution >= 4 is 0 Å². The highest BCUT2D eigenvalue weighted by atomic mass is 16.5. The lowest BCUT2D eigenvalue weighted by Gasteiger charge is -2.45. The van der Waals surface area contributed by atoms with Gasteiger partial charge in [0, 0.05) is 11.6 Å². The summed E-state index contributed by atoms with van der Waals surface area (Å²) in [5, 5.41) is 10.5. The Morgan fingerprint density at radius 1 is 1.35 bits per heavy atom. The predicted molar refractivity (Wildman–Crippen MR) is 80.1 cm³/mol. The molecule has 3 atom stereocenters. The minimum absolute atomic E-state index is 0.101. The number of aliphatic hydroxyl groups is 1. The first-order chi connectivity index (χ1) is 9.70. The van der Waals surface area contributed by atoms with Crippen molar-refractivity contribution in [2.24, 2.45) is 0 Å². The van der Waals surface area contributed by atoms with Crippen LogP contribution in [0.4, 0.5) is 0 Å². The molecule has 0 aromatic heterocycles. The first-order valence-corrected chi connectivity index (χ1v) is 7.88. The minimum atomic E-state index is -0.420. The maximum atomic E-state index is 10.5. The Morgan fingerprint density at radius 3 is 3.00 bits per heavy atom. The van der Waals surface area contributed by atoms with Crippen LogP contribution in [0.3, 0.4) is 0 Å². The normalized spacial score (nSPS) is 30.6. The van der Waals surface area contributed by atoms with Crippen molar-refractivity contribution in [1.82, 2.24) is 4.90 Å². The van der Waals surface area contributed by atoms with Crippen LogP contribution in [0.5, 0.6) is 5.75 Å². The van der Waals surface area contributed by atoms with Gasteiger partial charge < -0.3 is 9.84 Å². The second-order valence-electron chi connectivity index (χ2n) is 6.16. The molecule has 3 rings (SSSR count). The van der Waals surface area contributed by atoms with E-state index in [1.54, 1.807) is 0 Å². The van der Waals surface area contributed by atoms with Crippen molar-refractivity contribution in [1.29, 1.82) is 0 Å². The molecule has 0 bridgehead atoms. The van der Waals surface area contributed by atoms with Gasteiger partial charge in [0.25, 0.3) is 0 Å².